The zero-order valence-electron chi connectivity index (χ0n) is 11.2. The van der Waals surface area contributed by atoms with Crippen molar-refractivity contribution >= 4 is 21.4 Å². The summed E-state index contributed by atoms with van der Waals surface area (Å²) in [6.07, 6.45) is 3.74. The molecule has 0 bridgehead atoms. The number of hydrogen-bond acceptors (Lipinski definition) is 5. The number of thiazole rings is 1. The van der Waals surface area contributed by atoms with Crippen molar-refractivity contribution in [3.8, 4) is 0 Å². The minimum Gasteiger partial charge on any atom is -0.260 e. The Morgan fingerprint density at radius 3 is 2.55 bits per heavy atom. The third kappa shape index (κ3) is 3.20. The maximum Gasteiger partial charge on any atom is 0.243 e. The van der Waals surface area contributed by atoms with Crippen LogP contribution >= 0.6 is 11.3 Å². The highest BCUT2D eigenvalue weighted by Crippen LogP contribution is 2.26. The van der Waals surface area contributed by atoms with Gasteiger partial charge in [-0.15, -0.1) is 11.3 Å². The zero-order valence-corrected chi connectivity index (χ0v) is 12.8. The molecule has 0 aliphatic carbocycles. The van der Waals surface area contributed by atoms with Gasteiger partial charge in [-0.2, -0.15) is 4.72 Å². The fraction of sp³-hybridized carbons (Fsp3) is 0.333. The average Bonchev–Trinajstić information content (AvgIpc) is 2.75. The Kier molecular flexibility index (Phi) is 3.90. The summed E-state index contributed by atoms with van der Waals surface area (Å²) in [5.41, 5.74) is -0.885. The van der Waals surface area contributed by atoms with Crippen molar-refractivity contribution in [3.63, 3.8) is 0 Å². The van der Waals surface area contributed by atoms with E-state index in [0.717, 1.165) is 23.3 Å². The second kappa shape index (κ2) is 5.19. The van der Waals surface area contributed by atoms with Crippen molar-refractivity contribution in [1.82, 2.24) is 14.7 Å². The summed E-state index contributed by atoms with van der Waals surface area (Å²) < 4.78 is 40.1. The molecule has 0 saturated heterocycles. The first-order valence-electron chi connectivity index (χ1n) is 5.78. The van der Waals surface area contributed by atoms with E-state index in [1.54, 1.807) is 20.0 Å². The van der Waals surface area contributed by atoms with E-state index in [1.165, 1.54) is 11.3 Å². The molecule has 0 saturated carbocycles. The van der Waals surface area contributed by atoms with Crippen molar-refractivity contribution in [2.75, 3.05) is 0 Å². The van der Waals surface area contributed by atoms with Crippen LogP contribution in [0.5, 0.6) is 0 Å². The third-order valence-electron chi connectivity index (χ3n) is 2.54. The highest BCUT2D eigenvalue weighted by molar-refractivity contribution is 7.89. The molecule has 5 nitrogen and oxygen atoms in total. The molecule has 8 heteroatoms. The molecule has 2 rings (SSSR count). The Labute approximate surface area is 121 Å². The van der Waals surface area contributed by atoms with Gasteiger partial charge in [0.2, 0.25) is 10.0 Å². The van der Waals surface area contributed by atoms with Gasteiger partial charge in [0.1, 0.15) is 15.7 Å². The maximum atomic E-state index is 13.1. The first kappa shape index (κ1) is 15.0. The van der Waals surface area contributed by atoms with Crippen LogP contribution in [0.3, 0.4) is 0 Å². The van der Waals surface area contributed by atoms with E-state index in [2.05, 4.69) is 14.7 Å². The number of pyridine rings is 1. The fourth-order valence-corrected chi connectivity index (χ4v) is 3.86. The minimum atomic E-state index is -3.87. The topological polar surface area (TPSA) is 72.0 Å². The molecule has 2 aromatic heterocycles. The van der Waals surface area contributed by atoms with Crippen LogP contribution in [0, 0.1) is 12.7 Å². The molecular formula is C12H14FN3O2S2. The molecule has 108 valence electrons. The molecule has 0 amide bonds. The molecular weight excluding hydrogens is 301 g/mol. The average molecular weight is 315 g/mol. The van der Waals surface area contributed by atoms with E-state index in [1.807, 2.05) is 6.92 Å². The van der Waals surface area contributed by atoms with Gasteiger partial charge >= 0.3 is 0 Å². The number of rotatable bonds is 4. The fourth-order valence-electron chi connectivity index (χ4n) is 1.62. The third-order valence-corrected chi connectivity index (χ3v) is 5.39. The van der Waals surface area contributed by atoms with Gasteiger partial charge in [0, 0.05) is 17.3 Å². The Morgan fingerprint density at radius 1 is 1.30 bits per heavy atom. The second-order valence-electron chi connectivity index (χ2n) is 4.85. The Hall–Kier alpha value is -1.38. The summed E-state index contributed by atoms with van der Waals surface area (Å²) in [4.78, 5) is 8.51. The van der Waals surface area contributed by atoms with Crippen LogP contribution in [0.15, 0.2) is 29.6 Å². The molecule has 0 atom stereocenters. The Bertz CT molecular complexity index is 726. The molecule has 0 fully saturated rings. The van der Waals surface area contributed by atoms with Crippen LogP contribution in [-0.2, 0) is 15.6 Å². The van der Waals surface area contributed by atoms with Crippen molar-refractivity contribution < 1.29 is 12.8 Å². The number of sulfonamides is 1. The zero-order chi connectivity index (χ0) is 15.0. The first-order chi connectivity index (χ1) is 9.21. The molecule has 0 aliphatic heterocycles. The summed E-state index contributed by atoms with van der Waals surface area (Å²) in [5, 5.41) is 0.642. The van der Waals surface area contributed by atoms with E-state index in [9.17, 15) is 12.8 Å². The van der Waals surface area contributed by atoms with Crippen LogP contribution in [-0.4, -0.2) is 18.4 Å². The summed E-state index contributed by atoms with van der Waals surface area (Å²) in [7, 11) is -3.87. The van der Waals surface area contributed by atoms with Crippen molar-refractivity contribution in [3.05, 3.63) is 40.4 Å². The smallest absolute Gasteiger partial charge is 0.243 e. The van der Waals surface area contributed by atoms with Gasteiger partial charge in [-0.3, -0.25) is 4.98 Å². The highest BCUT2D eigenvalue weighted by atomic mass is 32.2. The molecule has 2 heterocycles. The number of aryl methyl sites for hydroxylation is 1. The van der Waals surface area contributed by atoms with E-state index in [4.69, 9.17) is 0 Å². The second-order valence-corrected chi connectivity index (χ2v) is 7.76. The lowest BCUT2D eigenvalue weighted by Crippen LogP contribution is -2.40. The van der Waals surface area contributed by atoms with Gasteiger partial charge in [0.05, 0.1) is 11.7 Å². The number of aromatic nitrogens is 2. The SMILES string of the molecule is Cc1cnc(C(C)(C)NS(=O)(=O)c2cncc(F)c2)s1. The van der Waals surface area contributed by atoms with Crippen LogP contribution in [0.4, 0.5) is 4.39 Å². The highest BCUT2D eigenvalue weighted by Gasteiger charge is 2.30. The van der Waals surface area contributed by atoms with Crippen LogP contribution in [0.1, 0.15) is 23.7 Å². The van der Waals surface area contributed by atoms with E-state index in [0.29, 0.717) is 5.01 Å². The predicted molar refractivity (Wildman–Crippen MR) is 74.4 cm³/mol. The lowest BCUT2D eigenvalue weighted by molar-refractivity contribution is 0.469. The van der Waals surface area contributed by atoms with Gasteiger partial charge in [-0.05, 0) is 26.8 Å². The molecule has 0 unspecified atom stereocenters. The number of halogens is 1. The summed E-state index contributed by atoms with van der Waals surface area (Å²) in [6, 6.07) is 0.929. The summed E-state index contributed by atoms with van der Waals surface area (Å²) in [5.74, 6) is -0.698. The van der Waals surface area contributed by atoms with E-state index >= 15 is 0 Å². The standard InChI is InChI=1S/C12H14FN3O2S2/c1-8-5-15-11(19-8)12(2,3)16-20(17,18)10-4-9(13)6-14-7-10/h4-7,16H,1-3H3. The molecule has 20 heavy (non-hydrogen) atoms. The van der Waals surface area contributed by atoms with E-state index in [-0.39, 0.29) is 4.90 Å². The molecule has 0 radical (unpaired) electrons. The molecule has 0 aromatic carbocycles. The predicted octanol–water partition coefficient (Wildman–Crippen LogP) is 2.20. The molecule has 0 spiro atoms. The van der Waals surface area contributed by atoms with Crippen LogP contribution in [0.2, 0.25) is 0 Å². The van der Waals surface area contributed by atoms with Crippen LogP contribution in [0.25, 0.3) is 0 Å². The molecule has 0 aliphatic rings. The largest absolute Gasteiger partial charge is 0.260 e. The van der Waals surface area contributed by atoms with Gasteiger partial charge in [0.25, 0.3) is 0 Å². The summed E-state index contributed by atoms with van der Waals surface area (Å²) in [6.45, 7) is 5.30. The Morgan fingerprint density at radius 2 is 2.00 bits per heavy atom. The minimum absolute atomic E-state index is 0.209. The van der Waals surface area contributed by atoms with Crippen LogP contribution < -0.4 is 4.72 Å². The number of nitrogens with one attached hydrogen (secondary N) is 1. The van der Waals surface area contributed by atoms with Crippen molar-refractivity contribution in [2.24, 2.45) is 0 Å². The molecule has 2 aromatic rings. The number of nitrogens with zero attached hydrogens (tertiary/aromatic N) is 2. The lowest BCUT2D eigenvalue weighted by Gasteiger charge is -2.23. The maximum absolute atomic E-state index is 13.1. The normalized spacial score (nSPS) is 12.6. The van der Waals surface area contributed by atoms with E-state index < -0.39 is 21.4 Å². The summed E-state index contributed by atoms with van der Waals surface area (Å²) >= 11 is 1.41. The molecule has 1 N–H and O–H groups in total. The van der Waals surface area contributed by atoms with Gasteiger partial charge < -0.3 is 0 Å². The quantitative estimate of drug-likeness (QED) is 0.939. The van der Waals surface area contributed by atoms with Gasteiger partial charge in [-0.1, -0.05) is 0 Å². The Balaban J connectivity index is 2.32. The van der Waals surface area contributed by atoms with Gasteiger partial charge in [0.15, 0.2) is 0 Å². The van der Waals surface area contributed by atoms with Crippen molar-refractivity contribution in [1.29, 1.82) is 0 Å². The van der Waals surface area contributed by atoms with Gasteiger partial charge in [-0.25, -0.2) is 17.8 Å². The first-order valence-corrected chi connectivity index (χ1v) is 8.08. The van der Waals surface area contributed by atoms with Crippen molar-refractivity contribution in [2.45, 2.75) is 31.2 Å². The monoisotopic (exact) mass is 315 g/mol. The number of hydrogen-bond donors (Lipinski definition) is 1. The lowest BCUT2D eigenvalue weighted by atomic mass is 10.1.